The van der Waals surface area contributed by atoms with Crippen LogP contribution in [-0.2, 0) is 17.9 Å². The van der Waals surface area contributed by atoms with Gasteiger partial charge in [-0.15, -0.1) is 0 Å². The van der Waals surface area contributed by atoms with E-state index in [2.05, 4.69) is 15.3 Å². The van der Waals surface area contributed by atoms with Crippen molar-refractivity contribution in [2.75, 3.05) is 11.4 Å². The number of carbonyl (C=O) groups excluding carboxylic acids is 1. The van der Waals surface area contributed by atoms with E-state index in [1.165, 1.54) is 0 Å². The zero-order chi connectivity index (χ0) is 21.3. The molecule has 3 aromatic rings. The molecule has 1 aliphatic heterocycles. The number of rotatable bonds is 6. The SMILES string of the molecule is CCn1c(C(F)F)nc2sc(N3CCC[C@@H]3C(=O)NCc3ccccc3)nc2c1=O. The first-order valence-corrected chi connectivity index (χ1v) is 10.6. The van der Waals surface area contributed by atoms with Crippen LogP contribution in [-0.4, -0.2) is 33.0 Å². The van der Waals surface area contributed by atoms with Gasteiger partial charge < -0.3 is 10.2 Å². The second-order valence-electron chi connectivity index (χ2n) is 7.03. The number of aromatic nitrogens is 3. The molecule has 1 aliphatic rings. The monoisotopic (exact) mass is 433 g/mol. The highest BCUT2D eigenvalue weighted by atomic mass is 32.1. The largest absolute Gasteiger partial charge is 0.350 e. The highest BCUT2D eigenvalue weighted by molar-refractivity contribution is 7.21. The maximum Gasteiger partial charge on any atom is 0.295 e. The van der Waals surface area contributed by atoms with Crippen LogP contribution in [0, 0.1) is 0 Å². The summed E-state index contributed by atoms with van der Waals surface area (Å²) < 4.78 is 27.6. The molecule has 1 amide bonds. The van der Waals surface area contributed by atoms with Gasteiger partial charge in [-0.2, -0.15) is 0 Å². The predicted octanol–water partition coefficient (Wildman–Crippen LogP) is 3.10. The number of halogens is 2. The molecular weight excluding hydrogens is 412 g/mol. The van der Waals surface area contributed by atoms with Gasteiger partial charge in [0.1, 0.15) is 6.04 Å². The number of nitrogens with one attached hydrogen (secondary N) is 1. The van der Waals surface area contributed by atoms with Gasteiger partial charge in [-0.25, -0.2) is 18.7 Å². The molecule has 0 spiro atoms. The van der Waals surface area contributed by atoms with E-state index in [1.54, 1.807) is 6.92 Å². The molecule has 0 unspecified atom stereocenters. The van der Waals surface area contributed by atoms with Crippen LogP contribution in [0.1, 0.15) is 37.6 Å². The number of carbonyl (C=O) groups is 1. The molecule has 1 saturated heterocycles. The molecule has 0 radical (unpaired) electrons. The van der Waals surface area contributed by atoms with E-state index in [0.29, 0.717) is 24.6 Å². The van der Waals surface area contributed by atoms with E-state index >= 15 is 0 Å². The van der Waals surface area contributed by atoms with Crippen LogP contribution >= 0.6 is 11.3 Å². The third kappa shape index (κ3) is 3.79. The highest BCUT2D eigenvalue weighted by Crippen LogP contribution is 2.32. The predicted molar refractivity (Wildman–Crippen MR) is 111 cm³/mol. The van der Waals surface area contributed by atoms with Crippen LogP contribution in [0.5, 0.6) is 0 Å². The Morgan fingerprint density at radius 3 is 2.77 bits per heavy atom. The summed E-state index contributed by atoms with van der Waals surface area (Å²) in [5, 5.41) is 3.40. The second kappa shape index (κ2) is 8.47. The Hall–Kier alpha value is -2.88. The fraction of sp³-hybridized carbons (Fsp3) is 0.400. The third-order valence-corrected chi connectivity index (χ3v) is 6.15. The molecule has 1 atom stereocenters. The lowest BCUT2D eigenvalue weighted by atomic mass is 10.2. The molecule has 7 nitrogen and oxygen atoms in total. The topological polar surface area (TPSA) is 80.1 Å². The minimum absolute atomic E-state index is 0.0663. The summed E-state index contributed by atoms with van der Waals surface area (Å²) >= 11 is 1.07. The van der Waals surface area contributed by atoms with E-state index in [4.69, 9.17) is 0 Å². The molecule has 158 valence electrons. The van der Waals surface area contributed by atoms with Crippen LogP contribution in [0.15, 0.2) is 35.1 Å². The number of anilines is 1. The van der Waals surface area contributed by atoms with E-state index in [9.17, 15) is 18.4 Å². The van der Waals surface area contributed by atoms with Crippen molar-refractivity contribution < 1.29 is 13.6 Å². The summed E-state index contributed by atoms with van der Waals surface area (Å²) in [6.45, 7) is 2.72. The van der Waals surface area contributed by atoms with Gasteiger partial charge in [-0.05, 0) is 25.3 Å². The molecule has 1 aromatic carbocycles. The van der Waals surface area contributed by atoms with E-state index < -0.39 is 23.9 Å². The van der Waals surface area contributed by atoms with Crippen molar-refractivity contribution in [1.82, 2.24) is 19.9 Å². The maximum absolute atomic E-state index is 13.3. The number of amides is 1. The normalized spacial score (nSPS) is 16.5. The number of hydrogen-bond donors (Lipinski definition) is 1. The fourth-order valence-electron chi connectivity index (χ4n) is 3.68. The van der Waals surface area contributed by atoms with Crippen LogP contribution < -0.4 is 15.8 Å². The zero-order valence-corrected chi connectivity index (χ0v) is 17.2. The summed E-state index contributed by atoms with van der Waals surface area (Å²) in [5.74, 6) is -0.674. The minimum Gasteiger partial charge on any atom is -0.350 e. The summed E-state index contributed by atoms with van der Waals surface area (Å²) in [6, 6.07) is 9.19. The van der Waals surface area contributed by atoms with Crippen molar-refractivity contribution in [2.24, 2.45) is 0 Å². The number of benzene rings is 1. The summed E-state index contributed by atoms with van der Waals surface area (Å²) in [7, 11) is 0. The Labute approximate surface area is 175 Å². The van der Waals surface area contributed by atoms with Gasteiger partial charge in [0.2, 0.25) is 5.91 Å². The molecular formula is C20H21F2N5O2S. The van der Waals surface area contributed by atoms with Gasteiger partial charge in [-0.1, -0.05) is 41.7 Å². The number of thiazole rings is 1. The summed E-state index contributed by atoms with van der Waals surface area (Å²) in [5.41, 5.74) is 0.486. The number of nitrogens with zero attached hydrogens (tertiary/aromatic N) is 4. The molecule has 0 saturated carbocycles. The standard InChI is InChI=1S/C20H21F2N5O2S/c1-2-26-16(15(21)22)25-18-14(19(26)29)24-20(30-18)27-10-6-9-13(27)17(28)23-11-12-7-4-3-5-8-12/h3-5,7-8,13,15H,2,6,9-11H2,1H3,(H,23,28)/t13-/m1/s1. The average Bonchev–Trinajstić information content (AvgIpc) is 3.39. The van der Waals surface area contributed by atoms with Crippen molar-refractivity contribution in [3.8, 4) is 0 Å². The zero-order valence-electron chi connectivity index (χ0n) is 16.3. The van der Waals surface area contributed by atoms with E-state index in [0.717, 1.165) is 27.9 Å². The Morgan fingerprint density at radius 2 is 2.07 bits per heavy atom. The lowest BCUT2D eigenvalue weighted by Gasteiger charge is -2.23. The summed E-state index contributed by atoms with van der Waals surface area (Å²) in [6.07, 6.45) is -1.39. The van der Waals surface area contributed by atoms with Crippen molar-refractivity contribution in [1.29, 1.82) is 0 Å². The molecule has 3 heterocycles. The Bertz CT molecular complexity index is 1120. The van der Waals surface area contributed by atoms with Crippen molar-refractivity contribution >= 4 is 32.7 Å². The van der Waals surface area contributed by atoms with Gasteiger partial charge >= 0.3 is 0 Å². The Morgan fingerprint density at radius 1 is 1.30 bits per heavy atom. The molecule has 10 heteroatoms. The molecule has 30 heavy (non-hydrogen) atoms. The molecule has 2 aromatic heterocycles. The smallest absolute Gasteiger partial charge is 0.295 e. The van der Waals surface area contributed by atoms with E-state index in [1.807, 2.05) is 35.2 Å². The molecule has 1 N–H and O–H groups in total. The van der Waals surface area contributed by atoms with Crippen LogP contribution in [0.3, 0.4) is 0 Å². The number of fused-ring (bicyclic) bond motifs is 1. The Balaban J connectivity index is 1.60. The lowest BCUT2D eigenvalue weighted by Crippen LogP contribution is -2.43. The molecule has 0 bridgehead atoms. The quantitative estimate of drug-likeness (QED) is 0.646. The van der Waals surface area contributed by atoms with Crippen LogP contribution in [0.4, 0.5) is 13.9 Å². The van der Waals surface area contributed by atoms with Crippen LogP contribution in [0.2, 0.25) is 0 Å². The van der Waals surface area contributed by atoms with Crippen LogP contribution in [0.25, 0.3) is 10.3 Å². The third-order valence-electron chi connectivity index (χ3n) is 5.16. The molecule has 0 aliphatic carbocycles. The van der Waals surface area contributed by atoms with Gasteiger partial charge in [0.15, 0.2) is 21.3 Å². The second-order valence-corrected chi connectivity index (χ2v) is 7.98. The number of hydrogen-bond acceptors (Lipinski definition) is 6. The van der Waals surface area contributed by atoms with Crippen molar-refractivity contribution in [2.45, 2.75) is 45.3 Å². The van der Waals surface area contributed by atoms with Gasteiger partial charge in [0.25, 0.3) is 12.0 Å². The van der Waals surface area contributed by atoms with Gasteiger partial charge in [0.05, 0.1) is 0 Å². The minimum atomic E-state index is -2.85. The highest BCUT2D eigenvalue weighted by Gasteiger charge is 2.33. The van der Waals surface area contributed by atoms with Gasteiger partial charge in [-0.3, -0.25) is 14.2 Å². The van der Waals surface area contributed by atoms with Crippen molar-refractivity contribution in [3.05, 3.63) is 52.1 Å². The first-order valence-electron chi connectivity index (χ1n) is 9.77. The van der Waals surface area contributed by atoms with Crippen molar-refractivity contribution in [3.63, 3.8) is 0 Å². The first-order chi connectivity index (χ1) is 14.5. The first kappa shape index (κ1) is 20.4. The molecule has 1 fully saturated rings. The maximum atomic E-state index is 13.3. The average molecular weight is 433 g/mol. The Kier molecular flexibility index (Phi) is 5.76. The lowest BCUT2D eigenvalue weighted by molar-refractivity contribution is -0.122. The van der Waals surface area contributed by atoms with Gasteiger partial charge in [0, 0.05) is 19.6 Å². The fourth-order valence-corrected chi connectivity index (χ4v) is 4.69. The summed E-state index contributed by atoms with van der Waals surface area (Å²) in [4.78, 5) is 35.8. The molecule has 4 rings (SSSR count). The number of alkyl halides is 2. The van der Waals surface area contributed by atoms with E-state index in [-0.39, 0.29) is 22.8 Å².